The molecule has 0 bridgehead atoms. The molecule has 0 radical (unpaired) electrons. The van der Waals surface area contributed by atoms with Gasteiger partial charge in [0.25, 0.3) is 0 Å². The molecule has 1 aromatic rings. The molecule has 0 amide bonds. The molecule has 14 heavy (non-hydrogen) atoms. The van der Waals surface area contributed by atoms with Crippen molar-refractivity contribution in [2.24, 2.45) is 0 Å². The lowest BCUT2D eigenvalue weighted by atomic mass is 10.1. The molecule has 74 valence electrons. The largest absolute Gasteiger partial charge is 0.397 e. The van der Waals surface area contributed by atoms with Crippen LogP contribution in [0.15, 0.2) is 30.0 Å². The highest BCUT2D eigenvalue weighted by Gasteiger charge is 2.10. The SMILES string of the molecule is CC1=CCCN(c2ccc(N)cn2)C1. The summed E-state index contributed by atoms with van der Waals surface area (Å²) < 4.78 is 0. The summed E-state index contributed by atoms with van der Waals surface area (Å²) in [4.78, 5) is 6.58. The second-order valence-corrected chi connectivity index (χ2v) is 3.71. The van der Waals surface area contributed by atoms with Crippen LogP contribution in [0.3, 0.4) is 0 Å². The standard InChI is InChI=1S/C11H15N3/c1-9-3-2-6-14(8-9)11-5-4-10(12)7-13-11/h3-5,7H,2,6,8,12H2,1H3. The molecule has 3 heteroatoms. The van der Waals surface area contributed by atoms with Crippen LogP contribution in [-0.2, 0) is 0 Å². The lowest BCUT2D eigenvalue weighted by Crippen LogP contribution is -2.29. The van der Waals surface area contributed by atoms with Crippen molar-refractivity contribution in [2.45, 2.75) is 13.3 Å². The maximum Gasteiger partial charge on any atom is 0.128 e. The van der Waals surface area contributed by atoms with Crippen LogP contribution in [-0.4, -0.2) is 18.1 Å². The first-order valence-electron chi connectivity index (χ1n) is 4.88. The summed E-state index contributed by atoms with van der Waals surface area (Å²) in [6.07, 6.45) is 5.11. The Labute approximate surface area is 84.2 Å². The number of rotatable bonds is 1. The van der Waals surface area contributed by atoms with Gasteiger partial charge in [0, 0.05) is 13.1 Å². The Morgan fingerprint density at radius 1 is 1.43 bits per heavy atom. The molecule has 0 fully saturated rings. The van der Waals surface area contributed by atoms with Crippen molar-refractivity contribution in [3.63, 3.8) is 0 Å². The molecule has 1 aromatic heterocycles. The van der Waals surface area contributed by atoms with E-state index >= 15 is 0 Å². The van der Waals surface area contributed by atoms with Gasteiger partial charge in [0.2, 0.25) is 0 Å². The number of hydrogen-bond acceptors (Lipinski definition) is 3. The van der Waals surface area contributed by atoms with E-state index in [0.717, 1.165) is 31.0 Å². The molecule has 2 heterocycles. The van der Waals surface area contributed by atoms with Crippen LogP contribution >= 0.6 is 0 Å². The second-order valence-electron chi connectivity index (χ2n) is 3.71. The summed E-state index contributed by atoms with van der Waals surface area (Å²) in [6, 6.07) is 3.88. The van der Waals surface area contributed by atoms with Crippen LogP contribution in [0.1, 0.15) is 13.3 Å². The molecule has 3 nitrogen and oxygen atoms in total. The number of nitrogens with two attached hydrogens (primary N) is 1. The van der Waals surface area contributed by atoms with E-state index in [1.54, 1.807) is 6.20 Å². The van der Waals surface area contributed by atoms with Crippen molar-refractivity contribution in [3.8, 4) is 0 Å². The normalized spacial score (nSPS) is 16.6. The van der Waals surface area contributed by atoms with Crippen molar-refractivity contribution in [2.75, 3.05) is 23.7 Å². The molecule has 0 aromatic carbocycles. The second kappa shape index (κ2) is 3.70. The molecular formula is C11H15N3. The Balaban J connectivity index is 2.16. The monoisotopic (exact) mass is 189 g/mol. The molecule has 2 N–H and O–H groups in total. The lowest BCUT2D eigenvalue weighted by molar-refractivity contribution is 0.778. The van der Waals surface area contributed by atoms with Gasteiger partial charge in [-0.1, -0.05) is 11.6 Å². The summed E-state index contributed by atoms with van der Waals surface area (Å²) in [7, 11) is 0. The minimum atomic E-state index is 0.720. The molecule has 2 rings (SSSR count). The van der Waals surface area contributed by atoms with Crippen molar-refractivity contribution >= 4 is 11.5 Å². The highest BCUT2D eigenvalue weighted by atomic mass is 15.2. The molecule has 1 aliphatic rings. The maximum absolute atomic E-state index is 5.59. The van der Waals surface area contributed by atoms with Gasteiger partial charge in [-0.25, -0.2) is 4.98 Å². The Bertz CT molecular complexity index is 340. The van der Waals surface area contributed by atoms with Crippen LogP contribution in [0.2, 0.25) is 0 Å². The summed E-state index contributed by atoms with van der Waals surface area (Å²) in [5, 5.41) is 0. The minimum absolute atomic E-state index is 0.720. The molecule has 0 saturated heterocycles. The first-order chi connectivity index (χ1) is 6.75. The molecule has 0 atom stereocenters. The quantitative estimate of drug-likeness (QED) is 0.685. The maximum atomic E-state index is 5.59. The van der Waals surface area contributed by atoms with Gasteiger partial charge in [-0.2, -0.15) is 0 Å². The van der Waals surface area contributed by atoms with Crippen molar-refractivity contribution in [1.29, 1.82) is 0 Å². The third kappa shape index (κ3) is 1.87. The van der Waals surface area contributed by atoms with E-state index in [1.165, 1.54) is 5.57 Å². The van der Waals surface area contributed by atoms with Gasteiger partial charge in [-0.3, -0.25) is 0 Å². The van der Waals surface area contributed by atoms with Gasteiger partial charge in [-0.05, 0) is 25.5 Å². The summed E-state index contributed by atoms with van der Waals surface area (Å²) in [6.45, 7) is 4.19. The summed E-state index contributed by atoms with van der Waals surface area (Å²) in [5.74, 6) is 1.02. The molecule has 0 unspecified atom stereocenters. The predicted octanol–water partition coefficient (Wildman–Crippen LogP) is 1.82. The topological polar surface area (TPSA) is 42.1 Å². The number of pyridine rings is 1. The van der Waals surface area contributed by atoms with Crippen LogP contribution in [0.4, 0.5) is 11.5 Å². The number of aromatic nitrogens is 1. The van der Waals surface area contributed by atoms with E-state index in [2.05, 4.69) is 22.9 Å². The van der Waals surface area contributed by atoms with Crippen molar-refractivity contribution < 1.29 is 0 Å². The van der Waals surface area contributed by atoms with Gasteiger partial charge in [0.15, 0.2) is 0 Å². The summed E-state index contributed by atoms with van der Waals surface area (Å²) >= 11 is 0. The van der Waals surface area contributed by atoms with Gasteiger partial charge in [0.1, 0.15) is 5.82 Å². The number of anilines is 2. The minimum Gasteiger partial charge on any atom is -0.397 e. The van der Waals surface area contributed by atoms with Crippen molar-refractivity contribution in [1.82, 2.24) is 4.98 Å². The zero-order chi connectivity index (χ0) is 9.97. The highest BCUT2D eigenvalue weighted by Crippen LogP contribution is 2.17. The van der Waals surface area contributed by atoms with Gasteiger partial charge in [-0.15, -0.1) is 0 Å². The fourth-order valence-electron chi connectivity index (χ4n) is 1.69. The van der Waals surface area contributed by atoms with E-state index in [4.69, 9.17) is 5.73 Å². The van der Waals surface area contributed by atoms with E-state index in [9.17, 15) is 0 Å². The zero-order valence-corrected chi connectivity index (χ0v) is 8.40. The Morgan fingerprint density at radius 3 is 2.93 bits per heavy atom. The fraction of sp³-hybridized carbons (Fsp3) is 0.364. The van der Waals surface area contributed by atoms with Crippen molar-refractivity contribution in [3.05, 3.63) is 30.0 Å². The first-order valence-corrected chi connectivity index (χ1v) is 4.88. The predicted molar refractivity (Wildman–Crippen MR) is 59.2 cm³/mol. The third-order valence-electron chi connectivity index (χ3n) is 2.43. The van der Waals surface area contributed by atoms with Gasteiger partial charge >= 0.3 is 0 Å². The molecular weight excluding hydrogens is 174 g/mol. The average Bonchev–Trinajstić information content (AvgIpc) is 2.19. The zero-order valence-electron chi connectivity index (χ0n) is 8.40. The smallest absolute Gasteiger partial charge is 0.128 e. The van der Waals surface area contributed by atoms with Gasteiger partial charge < -0.3 is 10.6 Å². The van der Waals surface area contributed by atoms with E-state index in [-0.39, 0.29) is 0 Å². The Morgan fingerprint density at radius 2 is 2.29 bits per heavy atom. The summed E-state index contributed by atoms with van der Waals surface area (Å²) in [5.41, 5.74) is 7.72. The average molecular weight is 189 g/mol. The molecule has 0 saturated carbocycles. The third-order valence-corrected chi connectivity index (χ3v) is 2.43. The number of nitrogen functional groups attached to an aromatic ring is 1. The Hall–Kier alpha value is -1.51. The van der Waals surface area contributed by atoms with Crippen LogP contribution in [0.5, 0.6) is 0 Å². The highest BCUT2D eigenvalue weighted by molar-refractivity contribution is 5.47. The fourth-order valence-corrected chi connectivity index (χ4v) is 1.69. The van der Waals surface area contributed by atoms with Crippen LogP contribution in [0.25, 0.3) is 0 Å². The van der Waals surface area contributed by atoms with Gasteiger partial charge in [0.05, 0.1) is 11.9 Å². The molecule has 0 aliphatic carbocycles. The number of hydrogen-bond donors (Lipinski definition) is 1. The van der Waals surface area contributed by atoms with E-state index in [1.807, 2.05) is 12.1 Å². The molecule has 1 aliphatic heterocycles. The molecule has 0 spiro atoms. The van der Waals surface area contributed by atoms with E-state index in [0.29, 0.717) is 0 Å². The first kappa shape index (κ1) is 9.06. The number of nitrogens with zero attached hydrogens (tertiary/aromatic N) is 2. The Kier molecular flexibility index (Phi) is 2.39. The lowest BCUT2D eigenvalue weighted by Gasteiger charge is -2.27. The van der Waals surface area contributed by atoms with E-state index < -0.39 is 0 Å². The van der Waals surface area contributed by atoms with Crippen LogP contribution < -0.4 is 10.6 Å². The van der Waals surface area contributed by atoms with Crippen LogP contribution in [0, 0.1) is 0 Å².